The van der Waals surface area contributed by atoms with Gasteiger partial charge in [-0.25, -0.2) is 9.36 Å². The summed E-state index contributed by atoms with van der Waals surface area (Å²) in [7, 11) is -3.02. The maximum absolute atomic E-state index is 11.7. The van der Waals surface area contributed by atoms with E-state index in [-0.39, 0.29) is 19.8 Å². The van der Waals surface area contributed by atoms with Crippen LogP contribution in [0.3, 0.4) is 0 Å². The number of hydrogen-bond acceptors (Lipinski definition) is 7. The Bertz CT molecular complexity index is 410. The summed E-state index contributed by atoms with van der Waals surface area (Å²) in [4.78, 5) is 20.8. The highest BCUT2D eigenvalue weighted by Gasteiger charge is 2.25. The Hall–Kier alpha value is -0.180. The number of carbonyl (C=O) groups excluding carboxylic acids is 1. The minimum Gasteiger partial charge on any atom is -0.438 e. The third kappa shape index (κ3) is 17.6. The molecule has 0 amide bonds. The maximum atomic E-state index is 11.7. The van der Waals surface area contributed by atoms with E-state index in [1.165, 1.54) is 45.6 Å². The van der Waals surface area contributed by atoms with E-state index in [0.717, 1.165) is 12.8 Å². The zero-order chi connectivity index (χ0) is 20.4. The molecule has 1 N–H and O–H groups in total. The number of unbranched alkanes of at least 4 members (excludes halogenated alkanes) is 7. The van der Waals surface area contributed by atoms with Gasteiger partial charge in [-0.1, -0.05) is 67.8 Å². The van der Waals surface area contributed by atoms with Crippen LogP contribution in [0.15, 0.2) is 0 Å². The van der Waals surface area contributed by atoms with Crippen LogP contribution < -0.4 is 0 Å². The molecule has 0 bridgehead atoms. The Kier molecular flexibility index (Phi) is 17.8. The molecule has 10 heteroatoms. The summed E-state index contributed by atoms with van der Waals surface area (Å²) in [5, 5.41) is 0.394. The monoisotopic (exact) mass is 476 g/mol. The van der Waals surface area contributed by atoms with Crippen molar-refractivity contribution in [3.8, 4) is 0 Å². The van der Waals surface area contributed by atoms with Gasteiger partial charge in [0.05, 0.1) is 26.9 Å². The summed E-state index contributed by atoms with van der Waals surface area (Å²) in [5.41, 5.74) is 0. The largest absolute Gasteiger partial charge is 0.508 e. The number of carbonyl (C=O) groups is 1. The fourth-order valence-corrected chi connectivity index (χ4v) is 3.38. The number of rotatable bonds is 18. The first-order valence-corrected chi connectivity index (χ1v) is 12.1. The molecule has 0 aliphatic carbocycles. The fourth-order valence-electron chi connectivity index (χ4n) is 2.22. The molecule has 27 heavy (non-hydrogen) atoms. The van der Waals surface area contributed by atoms with Crippen LogP contribution in [-0.4, -0.2) is 56.0 Å². The number of hydrogen-bond donors (Lipinski definition) is 1. The predicted molar refractivity (Wildman–Crippen MR) is 106 cm³/mol. The lowest BCUT2D eigenvalue weighted by molar-refractivity contribution is -0.0319. The molecule has 0 fully saturated rings. The van der Waals surface area contributed by atoms with Gasteiger partial charge in [0.25, 0.3) is 0 Å². The van der Waals surface area contributed by atoms with Crippen LogP contribution in [0.1, 0.15) is 58.3 Å². The highest BCUT2D eigenvalue weighted by molar-refractivity contribution is 9.09. The second kappa shape index (κ2) is 17.9. The number of phosphoric acid groups is 1. The number of methoxy groups -OCH3 is 1. The molecule has 0 saturated heterocycles. The van der Waals surface area contributed by atoms with Gasteiger partial charge < -0.3 is 19.1 Å². The summed E-state index contributed by atoms with van der Waals surface area (Å²) >= 11 is 3.08. The second-order valence-electron chi connectivity index (χ2n) is 6.03. The zero-order valence-corrected chi connectivity index (χ0v) is 18.9. The van der Waals surface area contributed by atoms with Gasteiger partial charge in [-0.3, -0.25) is 9.05 Å². The number of alkyl halides is 1. The lowest BCUT2D eigenvalue weighted by Crippen LogP contribution is -2.28. The third-order valence-corrected chi connectivity index (χ3v) is 4.94. The lowest BCUT2D eigenvalue weighted by atomic mass is 10.1. The standard InChI is InChI=1S/C17H34BrO8P/c1-3-4-5-6-7-8-9-10-12-23-14-16(26-17(19)22-2)15-25-27(20,21)24-13-11-18/h16H,3-15H2,1-2H3,(H,20,21). The molecule has 0 heterocycles. The van der Waals surface area contributed by atoms with E-state index in [2.05, 4.69) is 27.6 Å². The summed E-state index contributed by atoms with van der Waals surface area (Å²) < 4.78 is 36.1. The molecule has 8 nitrogen and oxygen atoms in total. The minimum absolute atomic E-state index is 0.0191. The molecule has 0 aromatic carbocycles. The van der Waals surface area contributed by atoms with Crippen molar-refractivity contribution in [2.24, 2.45) is 0 Å². The van der Waals surface area contributed by atoms with Crippen LogP contribution in [0.2, 0.25) is 0 Å². The molecule has 0 radical (unpaired) electrons. The van der Waals surface area contributed by atoms with Gasteiger partial charge in [-0.15, -0.1) is 0 Å². The summed E-state index contributed by atoms with van der Waals surface area (Å²) in [6.07, 6.45) is 7.76. The zero-order valence-electron chi connectivity index (χ0n) is 16.4. The van der Waals surface area contributed by atoms with Crippen LogP contribution in [0.4, 0.5) is 4.79 Å². The van der Waals surface area contributed by atoms with E-state index < -0.39 is 20.1 Å². The van der Waals surface area contributed by atoms with Crippen LogP contribution in [0.5, 0.6) is 0 Å². The molecule has 2 unspecified atom stereocenters. The summed E-state index contributed by atoms with van der Waals surface area (Å²) in [6, 6.07) is 0. The number of phosphoric ester groups is 1. The van der Waals surface area contributed by atoms with Gasteiger partial charge >= 0.3 is 14.0 Å². The second-order valence-corrected chi connectivity index (χ2v) is 8.28. The van der Waals surface area contributed by atoms with Gasteiger partial charge in [0, 0.05) is 11.9 Å². The van der Waals surface area contributed by atoms with Gasteiger partial charge in [-0.2, -0.15) is 0 Å². The number of ether oxygens (including phenoxy) is 3. The Balaban J connectivity index is 3.99. The lowest BCUT2D eigenvalue weighted by Gasteiger charge is -2.19. The molecule has 162 valence electrons. The van der Waals surface area contributed by atoms with Crippen LogP contribution in [0, 0.1) is 0 Å². The molecule has 2 atom stereocenters. The normalized spacial score (nSPS) is 14.5. The highest BCUT2D eigenvalue weighted by atomic mass is 79.9. The number of halogens is 1. The van der Waals surface area contributed by atoms with E-state index in [9.17, 15) is 14.3 Å². The average Bonchev–Trinajstić information content (AvgIpc) is 2.65. The quantitative estimate of drug-likeness (QED) is 0.130. The van der Waals surface area contributed by atoms with Crippen molar-refractivity contribution in [3.05, 3.63) is 0 Å². The molecule has 0 spiro atoms. The Labute approximate surface area is 171 Å². The molecular formula is C17H34BrO8P. The summed E-state index contributed by atoms with van der Waals surface area (Å²) in [5.74, 6) is 0. The topological polar surface area (TPSA) is 101 Å². The van der Waals surface area contributed by atoms with E-state index in [1.807, 2.05) is 0 Å². The Morgan fingerprint density at radius 1 is 1.00 bits per heavy atom. The predicted octanol–water partition coefficient (Wildman–Crippen LogP) is 4.82. The van der Waals surface area contributed by atoms with Crippen molar-refractivity contribution in [1.29, 1.82) is 0 Å². The van der Waals surface area contributed by atoms with Crippen LogP contribution in [-0.2, 0) is 27.8 Å². The first-order chi connectivity index (χ1) is 12.9. The molecule has 0 aliphatic rings. The molecular weight excluding hydrogens is 443 g/mol. The summed E-state index contributed by atoms with van der Waals surface area (Å²) in [6.45, 7) is 2.46. The molecule has 0 aromatic heterocycles. The maximum Gasteiger partial charge on any atom is 0.508 e. The van der Waals surface area contributed by atoms with Crippen molar-refractivity contribution in [3.63, 3.8) is 0 Å². The van der Waals surface area contributed by atoms with Crippen molar-refractivity contribution in [1.82, 2.24) is 0 Å². The highest BCUT2D eigenvalue weighted by Crippen LogP contribution is 2.43. The third-order valence-electron chi connectivity index (χ3n) is 3.63. The first-order valence-electron chi connectivity index (χ1n) is 9.45. The van der Waals surface area contributed by atoms with E-state index >= 15 is 0 Å². The SMILES string of the molecule is CCCCCCCCCCOCC(COP(=O)(O)OCCBr)OC(=O)OC. The van der Waals surface area contributed by atoms with E-state index in [1.54, 1.807) is 0 Å². The Morgan fingerprint density at radius 3 is 2.22 bits per heavy atom. The van der Waals surface area contributed by atoms with Crippen molar-refractivity contribution in [2.45, 2.75) is 64.4 Å². The average molecular weight is 477 g/mol. The van der Waals surface area contributed by atoms with Gasteiger partial charge in [0.15, 0.2) is 6.10 Å². The van der Waals surface area contributed by atoms with E-state index in [4.69, 9.17) is 18.5 Å². The van der Waals surface area contributed by atoms with Crippen molar-refractivity contribution in [2.75, 3.05) is 38.9 Å². The first kappa shape index (κ1) is 26.8. The molecule has 0 aliphatic heterocycles. The smallest absolute Gasteiger partial charge is 0.438 e. The van der Waals surface area contributed by atoms with Gasteiger partial charge in [0.2, 0.25) is 0 Å². The van der Waals surface area contributed by atoms with Gasteiger partial charge in [0.1, 0.15) is 0 Å². The van der Waals surface area contributed by atoms with E-state index in [0.29, 0.717) is 11.9 Å². The van der Waals surface area contributed by atoms with Gasteiger partial charge in [-0.05, 0) is 6.42 Å². The molecule has 0 saturated carbocycles. The van der Waals surface area contributed by atoms with Crippen LogP contribution >= 0.6 is 23.8 Å². The fraction of sp³-hybridized carbons (Fsp3) is 0.941. The molecule has 0 rings (SSSR count). The van der Waals surface area contributed by atoms with Crippen molar-refractivity contribution >= 4 is 29.9 Å². The minimum atomic E-state index is -4.20. The van der Waals surface area contributed by atoms with Crippen molar-refractivity contribution < 1.29 is 37.5 Å². The molecule has 0 aromatic rings. The van der Waals surface area contributed by atoms with Crippen LogP contribution in [0.25, 0.3) is 0 Å². The Morgan fingerprint density at radius 2 is 1.63 bits per heavy atom.